The second kappa shape index (κ2) is 10.0. The third kappa shape index (κ3) is 5.37. The number of fused-ring (bicyclic) bond motifs is 1. The number of carbonyl (C=O) groups is 3. The summed E-state index contributed by atoms with van der Waals surface area (Å²) in [6.45, 7) is 1.87. The third-order valence-corrected chi connectivity index (χ3v) is 5.45. The van der Waals surface area contributed by atoms with Gasteiger partial charge in [0, 0.05) is 0 Å². The summed E-state index contributed by atoms with van der Waals surface area (Å²) in [6.07, 6.45) is 0.0816. The standard InChI is InChI=1S/C22H22N2O6S/c1-4-30-20(26)13-24-17-9-8-15(21(27)29-3)12-18(17)31-22(24)23-19(25)11-14-6-5-7-16(10-14)28-2/h5-10,12H,4,11,13H2,1-3H3. The van der Waals surface area contributed by atoms with Crippen molar-refractivity contribution >= 4 is 39.4 Å². The van der Waals surface area contributed by atoms with E-state index in [-0.39, 0.29) is 25.5 Å². The molecule has 1 aromatic heterocycles. The first kappa shape index (κ1) is 22.2. The lowest BCUT2D eigenvalue weighted by Gasteiger charge is -2.06. The molecule has 0 atom stereocenters. The zero-order valence-electron chi connectivity index (χ0n) is 17.4. The molecule has 162 valence electrons. The molecule has 0 saturated heterocycles. The van der Waals surface area contributed by atoms with E-state index in [1.807, 2.05) is 6.07 Å². The van der Waals surface area contributed by atoms with E-state index >= 15 is 0 Å². The molecule has 3 aromatic rings. The van der Waals surface area contributed by atoms with Gasteiger partial charge in [-0.05, 0) is 42.8 Å². The molecule has 0 radical (unpaired) electrons. The number of benzene rings is 2. The SMILES string of the molecule is CCOC(=O)Cn1c(=NC(=O)Cc2cccc(OC)c2)sc2cc(C(=O)OC)ccc21. The molecular weight excluding hydrogens is 420 g/mol. The first-order valence-corrected chi connectivity index (χ1v) is 10.3. The molecule has 1 amide bonds. The highest BCUT2D eigenvalue weighted by Gasteiger charge is 2.15. The summed E-state index contributed by atoms with van der Waals surface area (Å²) in [4.78, 5) is 41.2. The largest absolute Gasteiger partial charge is 0.497 e. The van der Waals surface area contributed by atoms with Crippen molar-refractivity contribution in [2.75, 3.05) is 20.8 Å². The maximum atomic E-state index is 12.6. The molecule has 0 N–H and O–H groups in total. The Labute approximate surface area is 182 Å². The number of amides is 1. The van der Waals surface area contributed by atoms with Gasteiger partial charge in [-0.2, -0.15) is 4.99 Å². The molecule has 31 heavy (non-hydrogen) atoms. The lowest BCUT2D eigenvalue weighted by atomic mass is 10.1. The molecule has 0 spiro atoms. The van der Waals surface area contributed by atoms with Gasteiger partial charge in [0.05, 0.1) is 43.0 Å². The Kier molecular flexibility index (Phi) is 7.19. The number of aromatic nitrogens is 1. The molecule has 0 aliphatic heterocycles. The number of rotatable bonds is 7. The summed E-state index contributed by atoms with van der Waals surface area (Å²) in [5.41, 5.74) is 1.80. The van der Waals surface area contributed by atoms with Crippen LogP contribution in [0.3, 0.4) is 0 Å². The van der Waals surface area contributed by atoms with Crippen LogP contribution in [0, 0.1) is 0 Å². The topological polar surface area (TPSA) is 96.2 Å². The van der Waals surface area contributed by atoms with Gasteiger partial charge in [-0.3, -0.25) is 9.59 Å². The molecule has 0 saturated carbocycles. The van der Waals surface area contributed by atoms with Crippen molar-refractivity contribution in [1.82, 2.24) is 4.57 Å². The zero-order valence-corrected chi connectivity index (χ0v) is 18.2. The number of methoxy groups -OCH3 is 2. The first-order valence-electron chi connectivity index (χ1n) is 9.53. The Morgan fingerprint density at radius 1 is 1.10 bits per heavy atom. The highest BCUT2D eigenvalue weighted by atomic mass is 32.1. The summed E-state index contributed by atoms with van der Waals surface area (Å²) < 4.78 is 17.3. The minimum atomic E-state index is -0.472. The number of nitrogens with zero attached hydrogens (tertiary/aromatic N) is 2. The lowest BCUT2D eigenvalue weighted by molar-refractivity contribution is -0.143. The van der Waals surface area contributed by atoms with E-state index < -0.39 is 11.9 Å². The second-order valence-corrected chi connectivity index (χ2v) is 7.49. The number of hydrogen-bond acceptors (Lipinski definition) is 7. The predicted octanol–water partition coefficient (Wildman–Crippen LogP) is 2.73. The van der Waals surface area contributed by atoms with Gasteiger partial charge in [0.1, 0.15) is 12.3 Å². The Hall–Kier alpha value is -3.46. The van der Waals surface area contributed by atoms with E-state index in [1.54, 1.807) is 55.0 Å². The number of thiazole rings is 1. The summed E-state index contributed by atoms with van der Waals surface area (Å²) >= 11 is 1.21. The number of esters is 2. The van der Waals surface area contributed by atoms with Gasteiger partial charge < -0.3 is 18.8 Å². The van der Waals surface area contributed by atoms with E-state index in [9.17, 15) is 14.4 Å². The maximum Gasteiger partial charge on any atom is 0.337 e. The van der Waals surface area contributed by atoms with Crippen molar-refractivity contribution in [3.8, 4) is 5.75 Å². The van der Waals surface area contributed by atoms with Gasteiger partial charge in [0.25, 0.3) is 5.91 Å². The summed E-state index contributed by atoms with van der Waals surface area (Å²) in [5, 5.41) is 0. The average Bonchev–Trinajstić information content (AvgIpc) is 3.09. The van der Waals surface area contributed by atoms with Gasteiger partial charge in [0.2, 0.25) is 0 Å². The van der Waals surface area contributed by atoms with Gasteiger partial charge in [-0.1, -0.05) is 23.5 Å². The van der Waals surface area contributed by atoms with Gasteiger partial charge in [-0.15, -0.1) is 0 Å². The minimum Gasteiger partial charge on any atom is -0.497 e. The minimum absolute atomic E-state index is 0.0816. The Morgan fingerprint density at radius 3 is 2.61 bits per heavy atom. The lowest BCUT2D eigenvalue weighted by Crippen LogP contribution is -2.23. The predicted molar refractivity (Wildman–Crippen MR) is 115 cm³/mol. The normalized spacial score (nSPS) is 11.4. The fourth-order valence-corrected chi connectivity index (χ4v) is 4.08. The zero-order chi connectivity index (χ0) is 22.4. The van der Waals surface area contributed by atoms with Gasteiger partial charge >= 0.3 is 11.9 Å². The average molecular weight is 442 g/mol. The summed E-state index contributed by atoms with van der Waals surface area (Å²) in [6, 6.07) is 12.1. The number of carbonyl (C=O) groups excluding carboxylic acids is 3. The van der Waals surface area contributed by atoms with Crippen molar-refractivity contribution < 1.29 is 28.6 Å². The van der Waals surface area contributed by atoms with Crippen LogP contribution in [0.15, 0.2) is 47.5 Å². The molecule has 3 rings (SSSR count). The molecule has 8 nitrogen and oxygen atoms in total. The van der Waals surface area contributed by atoms with E-state index in [1.165, 1.54) is 18.4 Å². The van der Waals surface area contributed by atoms with E-state index in [2.05, 4.69) is 4.99 Å². The van der Waals surface area contributed by atoms with Crippen LogP contribution in [0.5, 0.6) is 5.75 Å². The molecular formula is C22H22N2O6S. The van der Waals surface area contributed by atoms with Gasteiger partial charge in [-0.25, -0.2) is 4.79 Å². The molecule has 1 heterocycles. The smallest absolute Gasteiger partial charge is 0.337 e. The van der Waals surface area contributed by atoms with Crippen LogP contribution in [0.2, 0.25) is 0 Å². The van der Waals surface area contributed by atoms with Crippen LogP contribution in [-0.2, 0) is 32.0 Å². The maximum absolute atomic E-state index is 12.6. The van der Waals surface area contributed by atoms with Crippen molar-refractivity contribution in [2.45, 2.75) is 19.9 Å². The second-order valence-electron chi connectivity index (χ2n) is 6.48. The monoisotopic (exact) mass is 442 g/mol. The molecule has 0 unspecified atom stereocenters. The Balaban J connectivity index is 2.01. The molecule has 9 heteroatoms. The van der Waals surface area contributed by atoms with Crippen LogP contribution in [0.25, 0.3) is 10.2 Å². The van der Waals surface area contributed by atoms with Crippen molar-refractivity contribution in [3.05, 3.63) is 58.4 Å². The fourth-order valence-electron chi connectivity index (χ4n) is 3.00. The highest BCUT2D eigenvalue weighted by molar-refractivity contribution is 7.16. The Bertz CT molecular complexity index is 1190. The van der Waals surface area contributed by atoms with Crippen LogP contribution in [0.1, 0.15) is 22.8 Å². The van der Waals surface area contributed by atoms with E-state index in [0.29, 0.717) is 26.3 Å². The molecule has 0 bridgehead atoms. The highest BCUT2D eigenvalue weighted by Crippen LogP contribution is 2.20. The van der Waals surface area contributed by atoms with Crippen molar-refractivity contribution in [3.63, 3.8) is 0 Å². The summed E-state index contributed by atoms with van der Waals surface area (Å²) in [7, 11) is 2.86. The quantitative estimate of drug-likeness (QED) is 0.522. The molecule has 0 aliphatic carbocycles. The van der Waals surface area contributed by atoms with E-state index in [0.717, 1.165) is 5.56 Å². The summed E-state index contributed by atoms with van der Waals surface area (Å²) in [5.74, 6) is -0.633. The third-order valence-electron chi connectivity index (χ3n) is 4.41. The van der Waals surface area contributed by atoms with E-state index in [4.69, 9.17) is 14.2 Å². The van der Waals surface area contributed by atoms with Crippen molar-refractivity contribution in [1.29, 1.82) is 0 Å². The first-order chi connectivity index (χ1) is 14.9. The van der Waals surface area contributed by atoms with Crippen LogP contribution >= 0.6 is 11.3 Å². The fraction of sp³-hybridized carbons (Fsp3) is 0.273. The van der Waals surface area contributed by atoms with Crippen LogP contribution in [0.4, 0.5) is 0 Å². The van der Waals surface area contributed by atoms with Gasteiger partial charge in [0.15, 0.2) is 4.80 Å². The molecule has 2 aromatic carbocycles. The van der Waals surface area contributed by atoms with Crippen molar-refractivity contribution in [2.24, 2.45) is 4.99 Å². The number of ether oxygens (including phenoxy) is 3. The van der Waals surface area contributed by atoms with Crippen LogP contribution in [-0.4, -0.2) is 43.2 Å². The Morgan fingerprint density at radius 2 is 1.90 bits per heavy atom. The molecule has 0 aliphatic rings. The van der Waals surface area contributed by atoms with Crippen LogP contribution < -0.4 is 9.54 Å². The molecule has 0 fully saturated rings. The number of hydrogen-bond donors (Lipinski definition) is 0.